The van der Waals surface area contributed by atoms with Crippen molar-refractivity contribution in [1.82, 2.24) is 4.90 Å². The van der Waals surface area contributed by atoms with E-state index in [1.165, 1.54) is 22.3 Å². The van der Waals surface area contributed by atoms with Crippen molar-refractivity contribution in [2.45, 2.75) is 38.9 Å². The molecule has 0 radical (unpaired) electrons. The van der Waals surface area contributed by atoms with Gasteiger partial charge >= 0.3 is 0 Å². The summed E-state index contributed by atoms with van der Waals surface area (Å²) in [7, 11) is 3.36. The third-order valence-corrected chi connectivity index (χ3v) is 5.16. The molecule has 0 unspecified atom stereocenters. The van der Waals surface area contributed by atoms with Gasteiger partial charge in [-0.25, -0.2) is 0 Å². The molecule has 2 aromatic carbocycles. The van der Waals surface area contributed by atoms with Gasteiger partial charge in [-0.1, -0.05) is 24.3 Å². The van der Waals surface area contributed by atoms with Crippen molar-refractivity contribution in [1.29, 1.82) is 0 Å². The molecule has 2 N–H and O–H groups in total. The summed E-state index contributed by atoms with van der Waals surface area (Å²) in [6.45, 7) is 6.15. The van der Waals surface area contributed by atoms with Crippen LogP contribution in [0.2, 0.25) is 0 Å². The molecule has 0 aromatic heterocycles. The van der Waals surface area contributed by atoms with Crippen LogP contribution in [0.15, 0.2) is 36.4 Å². The third kappa shape index (κ3) is 3.51. The zero-order chi connectivity index (χ0) is 18.0. The van der Waals surface area contributed by atoms with E-state index in [1.54, 1.807) is 14.2 Å². The molecule has 1 aliphatic heterocycles. The van der Waals surface area contributed by atoms with Gasteiger partial charge in [0.25, 0.3) is 0 Å². The molecule has 2 atom stereocenters. The van der Waals surface area contributed by atoms with Crippen molar-refractivity contribution in [2.75, 3.05) is 20.8 Å². The lowest BCUT2D eigenvalue weighted by Gasteiger charge is -2.40. The van der Waals surface area contributed by atoms with E-state index in [0.29, 0.717) is 0 Å². The molecule has 4 nitrogen and oxygen atoms in total. The predicted molar refractivity (Wildman–Crippen MR) is 101 cm³/mol. The largest absolute Gasteiger partial charge is 0.493 e. The van der Waals surface area contributed by atoms with Gasteiger partial charge in [0, 0.05) is 19.1 Å². The lowest BCUT2D eigenvalue weighted by molar-refractivity contribution is 0.155. The first-order valence-electron chi connectivity index (χ1n) is 8.84. The number of hydrogen-bond donors (Lipinski definition) is 1. The Hall–Kier alpha value is -2.04. The van der Waals surface area contributed by atoms with Crippen molar-refractivity contribution in [3.05, 3.63) is 58.7 Å². The van der Waals surface area contributed by atoms with E-state index in [0.717, 1.165) is 31.0 Å². The Morgan fingerprint density at radius 2 is 1.84 bits per heavy atom. The number of rotatable bonds is 5. The van der Waals surface area contributed by atoms with Gasteiger partial charge < -0.3 is 15.2 Å². The van der Waals surface area contributed by atoms with Crippen molar-refractivity contribution in [3.63, 3.8) is 0 Å². The van der Waals surface area contributed by atoms with Crippen LogP contribution in [0.1, 0.15) is 35.2 Å². The van der Waals surface area contributed by atoms with Crippen LogP contribution < -0.4 is 15.2 Å². The van der Waals surface area contributed by atoms with Crippen molar-refractivity contribution in [2.24, 2.45) is 5.73 Å². The quantitative estimate of drug-likeness (QED) is 0.905. The molecule has 0 saturated heterocycles. The summed E-state index contributed by atoms with van der Waals surface area (Å²) in [4.78, 5) is 2.49. The van der Waals surface area contributed by atoms with Gasteiger partial charge in [0.15, 0.2) is 11.5 Å². The minimum atomic E-state index is 0.0289. The van der Waals surface area contributed by atoms with Crippen LogP contribution in [0.5, 0.6) is 11.5 Å². The lowest BCUT2D eigenvalue weighted by atomic mass is 9.88. The van der Waals surface area contributed by atoms with Crippen molar-refractivity contribution in [3.8, 4) is 11.5 Å². The molecule has 0 saturated carbocycles. The number of benzene rings is 2. The molecule has 0 spiro atoms. The maximum absolute atomic E-state index is 6.41. The molecule has 134 valence electrons. The second-order valence-electron chi connectivity index (χ2n) is 6.86. The highest BCUT2D eigenvalue weighted by Crippen LogP contribution is 2.39. The first-order chi connectivity index (χ1) is 12.0. The summed E-state index contributed by atoms with van der Waals surface area (Å²) < 4.78 is 11.0. The number of ether oxygens (including phenoxy) is 2. The van der Waals surface area contributed by atoms with Crippen molar-refractivity contribution < 1.29 is 9.47 Å². The smallest absolute Gasteiger partial charge is 0.161 e. The molecule has 0 bridgehead atoms. The standard InChI is InChI=1S/C21H28N2O2/c1-14-7-5-6-8-17(14)13-23-10-9-16-11-19(24-3)20(25-4)12-18(16)21(23)15(2)22/h5-8,11-12,15,21H,9-10,13,22H2,1-4H3/t15-,21-/m1/s1. The number of nitrogens with zero attached hydrogens (tertiary/aromatic N) is 1. The zero-order valence-corrected chi connectivity index (χ0v) is 15.6. The van der Waals surface area contributed by atoms with Gasteiger partial charge in [0.1, 0.15) is 0 Å². The van der Waals surface area contributed by atoms with Crippen LogP contribution >= 0.6 is 0 Å². The number of methoxy groups -OCH3 is 2. The fraction of sp³-hybridized carbons (Fsp3) is 0.429. The van der Waals surface area contributed by atoms with Gasteiger partial charge in [-0.15, -0.1) is 0 Å². The highest BCUT2D eigenvalue weighted by Gasteiger charge is 2.31. The Morgan fingerprint density at radius 3 is 2.48 bits per heavy atom. The second-order valence-corrected chi connectivity index (χ2v) is 6.86. The fourth-order valence-electron chi connectivity index (χ4n) is 3.83. The molecule has 0 amide bonds. The van der Waals surface area contributed by atoms with E-state index in [4.69, 9.17) is 15.2 Å². The normalized spacial score (nSPS) is 18.5. The lowest BCUT2D eigenvalue weighted by Crippen LogP contribution is -2.43. The Balaban J connectivity index is 1.98. The summed E-state index contributed by atoms with van der Waals surface area (Å²) in [6, 6.07) is 13.0. The molecule has 0 fully saturated rings. The SMILES string of the molecule is COc1cc2c(cc1OC)[C@@H]([C@@H](C)N)N(Cc1ccccc1C)CC2. The molecule has 1 heterocycles. The molecule has 4 heteroatoms. The van der Waals surface area contributed by atoms with Crippen LogP contribution in [-0.4, -0.2) is 31.7 Å². The summed E-state index contributed by atoms with van der Waals surface area (Å²) in [6.07, 6.45) is 0.991. The van der Waals surface area contributed by atoms with E-state index in [2.05, 4.69) is 55.1 Å². The molecule has 25 heavy (non-hydrogen) atoms. The molecule has 1 aliphatic rings. The van der Waals surface area contributed by atoms with E-state index >= 15 is 0 Å². The first kappa shape index (κ1) is 17.8. The van der Waals surface area contributed by atoms with Crippen LogP contribution in [0.3, 0.4) is 0 Å². The minimum Gasteiger partial charge on any atom is -0.493 e. The minimum absolute atomic E-state index is 0.0289. The topological polar surface area (TPSA) is 47.7 Å². The summed E-state index contributed by atoms with van der Waals surface area (Å²) >= 11 is 0. The maximum atomic E-state index is 6.41. The van der Waals surface area contributed by atoms with E-state index < -0.39 is 0 Å². The average Bonchev–Trinajstić information content (AvgIpc) is 2.61. The van der Waals surface area contributed by atoms with Gasteiger partial charge in [-0.05, 0) is 54.7 Å². The van der Waals surface area contributed by atoms with Gasteiger partial charge in [0.05, 0.1) is 20.3 Å². The highest BCUT2D eigenvalue weighted by atomic mass is 16.5. The second kappa shape index (κ2) is 7.46. The molecule has 0 aliphatic carbocycles. The van der Waals surface area contributed by atoms with Gasteiger partial charge in [0.2, 0.25) is 0 Å². The van der Waals surface area contributed by atoms with Gasteiger partial charge in [-0.2, -0.15) is 0 Å². The Labute approximate surface area is 150 Å². The molecule has 2 aromatic rings. The number of fused-ring (bicyclic) bond motifs is 1. The van der Waals surface area contributed by atoms with E-state index in [9.17, 15) is 0 Å². The van der Waals surface area contributed by atoms with Crippen LogP contribution in [0, 0.1) is 6.92 Å². The Bertz CT molecular complexity index is 743. The van der Waals surface area contributed by atoms with Crippen LogP contribution in [-0.2, 0) is 13.0 Å². The molecule has 3 rings (SSSR count). The third-order valence-electron chi connectivity index (χ3n) is 5.16. The summed E-state index contributed by atoms with van der Waals surface area (Å²) in [5.74, 6) is 1.56. The van der Waals surface area contributed by atoms with Crippen molar-refractivity contribution >= 4 is 0 Å². The molecular formula is C21H28N2O2. The summed E-state index contributed by atoms with van der Waals surface area (Å²) in [5, 5.41) is 0. The van der Waals surface area contributed by atoms with E-state index in [1.807, 2.05) is 0 Å². The molecular weight excluding hydrogens is 312 g/mol. The number of hydrogen-bond acceptors (Lipinski definition) is 4. The van der Waals surface area contributed by atoms with E-state index in [-0.39, 0.29) is 12.1 Å². The average molecular weight is 340 g/mol. The van der Waals surface area contributed by atoms with Crippen LogP contribution in [0.4, 0.5) is 0 Å². The highest BCUT2D eigenvalue weighted by molar-refractivity contribution is 5.50. The fourth-order valence-corrected chi connectivity index (χ4v) is 3.83. The first-order valence-corrected chi connectivity index (χ1v) is 8.84. The predicted octanol–water partition coefficient (Wildman–Crippen LogP) is 3.46. The Kier molecular flexibility index (Phi) is 5.30. The Morgan fingerprint density at radius 1 is 1.16 bits per heavy atom. The maximum Gasteiger partial charge on any atom is 0.161 e. The number of nitrogens with two attached hydrogens (primary N) is 1. The van der Waals surface area contributed by atoms with Gasteiger partial charge in [-0.3, -0.25) is 4.90 Å². The summed E-state index contributed by atoms with van der Waals surface area (Å²) in [5.41, 5.74) is 11.7. The monoisotopic (exact) mass is 340 g/mol. The zero-order valence-electron chi connectivity index (χ0n) is 15.6. The number of aryl methyl sites for hydroxylation is 1. The van der Waals surface area contributed by atoms with Crippen LogP contribution in [0.25, 0.3) is 0 Å².